The minimum Gasteiger partial charge on any atom is -0.506 e. The highest BCUT2D eigenvalue weighted by Crippen LogP contribution is 2.37. The van der Waals surface area contributed by atoms with Crippen LogP contribution in [0.4, 0.5) is 23.2 Å². The van der Waals surface area contributed by atoms with Crippen LogP contribution in [0, 0.1) is 5.82 Å². The number of nitrogens with one attached hydrogen (secondary N) is 2. The van der Waals surface area contributed by atoms with Gasteiger partial charge in [0.1, 0.15) is 29.2 Å². The molecule has 1 aliphatic heterocycles. The second kappa shape index (κ2) is 9.37. The topological polar surface area (TPSA) is 113 Å². The zero-order valence-corrected chi connectivity index (χ0v) is 18.8. The van der Waals surface area contributed by atoms with E-state index in [0.29, 0.717) is 4.90 Å². The number of aromatic nitrogens is 1. The van der Waals surface area contributed by atoms with E-state index in [4.69, 9.17) is 5.11 Å². The van der Waals surface area contributed by atoms with Crippen molar-refractivity contribution in [2.75, 3.05) is 13.6 Å². The SMILES string of the molecule is CC.C[NH+]1c2cc(F)cc3c(O)c(C(=O)NCC(=O)O)c(=O)n(c23)C1c1ccc(C(F)(F)F)cc1. The molecule has 2 aromatic carbocycles. The van der Waals surface area contributed by atoms with Gasteiger partial charge in [-0.1, -0.05) is 26.0 Å². The first kappa shape index (κ1) is 25.7. The number of hydrogen-bond acceptors (Lipinski definition) is 4. The first-order valence-electron chi connectivity index (χ1n) is 10.5. The van der Waals surface area contributed by atoms with Gasteiger partial charge in [-0.2, -0.15) is 13.2 Å². The monoisotopic (exact) mass is 496 g/mol. The third-order valence-electron chi connectivity index (χ3n) is 5.51. The Balaban J connectivity index is 0.00000167. The van der Waals surface area contributed by atoms with Crippen molar-refractivity contribution in [1.29, 1.82) is 0 Å². The lowest BCUT2D eigenvalue weighted by molar-refractivity contribution is -0.843. The third-order valence-corrected chi connectivity index (χ3v) is 5.51. The predicted octanol–water partition coefficient (Wildman–Crippen LogP) is 2.41. The fraction of sp³-hybridized carbons (Fsp3) is 0.261. The molecular weight excluding hydrogens is 474 g/mol. The molecule has 0 aliphatic carbocycles. The smallest absolute Gasteiger partial charge is 0.416 e. The first-order chi connectivity index (χ1) is 16.4. The van der Waals surface area contributed by atoms with Crippen molar-refractivity contribution in [2.45, 2.75) is 26.2 Å². The number of aliphatic carboxylic acids is 1. The van der Waals surface area contributed by atoms with Crippen LogP contribution in [0.25, 0.3) is 10.9 Å². The zero-order chi connectivity index (χ0) is 26.2. The standard InChI is InChI=1S/C21H15F4N3O5.C2H6/c1-27-13-7-11(22)6-12-16(13)28(19(27)9-2-4-10(5-3-9)21(23,24)25)20(33)15(17(12)31)18(32)26-8-14(29)30;1-2/h2-7,19,31H,8H2,1H3,(H,26,32)(H,29,30);1-2H3/p+1. The van der Waals surface area contributed by atoms with Crippen LogP contribution >= 0.6 is 0 Å². The van der Waals surface area contributed by atoms with Crippen molar-refractivity contribution >= 4 is 28.5 Å². The number of rotatable bonds is 4. The largest absolute Gasteiger partial charge is 0.506 e. The zero-order valence-electron chi connectivity index (χ0n) is 18.8. The first-order valence-corrected chi connectivity index (χ1v) is 10.5. The van der Waals surface area contributed by atoms with Crippen LogP contribution in [0.15, 0.2) is 41.2 Å². The van der Waals surface area contributed by atoms with Crippen molar-refractivity contribution in [1.82, 2.24) is 9.88 Å². The summed E-state index contributed by atoms with van der Waals surface area (Å²) < 4.78 is 54.4. The maximum Gasteiger partial charge on any atom is 0.416 e. The van der Waals surface area contributed by atoms with Crippen molar-refractivity contribution in [3.8, 4) is 5.75 Å². The van der Waals surface area contributed by atoms with Gasteiger partial charge < -0.3 is 15.5 Å². The molecule has 4 N–H and O–H groups in total. The van der Waals surface area contributed by atoms with Gasteiger partial charge in [0.05, 0.1) is 18.0 Å². The van der Waals surface area contributed by atoms with Crippen molar-refractivity contribution in [3.63, 3.8) is 0 Å². The van der Waals surface area contributed by atoms with E-state index in [1.54, 1.807) is 7.05 Å². The van der Waals surface area contributed by atoms with E-state index in [2.05, 4.69) is 0 Å². The molecule has 35 heavy (non-hydrogen) atoms. The summed E-state index contributed by atoms with van der Waals surface area (Å²) in [5, 5.41) is 21.2. The number of amides is 1. The van der Waals surface area contributed by atoms with Gasteiger partial charge in [0.15, 0.2) is 5.69 Å². The number of nitrogens with zero attached hydrogens (tertiary/aromatic N) is 1. The molecule has 2 unspecified atom stereocenters. The number of quaternary nitrogens is 1. The number of pyridine rings is 1. The second-order valence-corrected chi connectivity index (χ2v) is 7.53. The minimum atomic E-state index is -4.57. The number of hydrogen-bond donors (Lipinski definition) is 4. The molecule has 0 bridgehead atoms. The van der Waals surface area contributed by atoms with Crippen molar-refractivity contribution in [2.24, 2.45) is 0 Å². The van der Waals surface area contributed by atoms with Gasteiger partial charge in [-0.15, -0.1) is 0 Å². The van der Waals surface area contributed by atoms with Gasteiger partial charge in [0.2, 0.25) is 6.17 Å². The van der Waals surface area contributed by atoms with Crippen LogP contribution in [-0.4, -0.2) is 40.2 Å². The predicted molar refractivity (Wildman–Crippen MR) is 117 cm³/mol. The molecule has 3 aromatic rings. The van der Waals surface area contributed by atoms with E-state index in [0.717, 1.165) is 28.8 Å². The molecule has 2 heterocycles. The van der Waals surface area contributed by atoms with Crippen molar-refractivity contribution < 1.29 is 42.3 Å². The number of carbonyl (C=O) groups excluding carboxylic acids is 1. The molecule has 4 rings (SSSR count). The fourth-order valence-electron chi connectivity index (χ4n) is 4.09. The second-order valence-electron chi connectivity index (χ2n) is 7.53. The van der Waals surface area contributed by atoms with E-state index in [1.165, 1.54) is 12.1 Å². The number of halogens is 4. The minimum absolute atomic E-state index is 0.107. The van der Waals surface area contributed by atoms with Crippen molar-refractivity contribution in [3.05, 3.63) is 69.3 Å². The maximum absolute atomic E-state index is 14.3. The average molecular weight is 496 g/mol. The number of alkyl halides is 3. The van der Waals surface area contributed by atoms with Gasteiger partial charge in [0.25, 0.3) is 11.5 Å². The molecule has 1 amide bonds. The normalized spacial score (nSPS) is 16.5. The number of benzene rings is 2. The lowest BCUT2D eigenvalue weighted by atomic mass is 10.1. The van der Waals surface area contributed by atoms with E-state index < -0.39 is 59.0 Å². The molecule has 0 fully saturated rings. The summed E-state index contributed by atoms with van der Waals surface area (Å²) in [6, 6.07) is 6.08. The Morgan fingerprint density at radius 2 is 1.74 bits per heavy atom. The summed E-state index contributed by atoms with van der Waals surface area (Å²) in [6.07, 6.45) is -5.55. The van der Waals surface area contributed by atoms with E-state index in [-0.39, 0.29) is 22.2 Å². The van der Waals surface area contributed by atoms with Crippen LogP contribution in [0.1, 0.15) is 41.5 Å². The molecule has 2 atom stereocenters. The van der Waals surface area contributed by atoms with Crippen LogP contribution in [0.2, 0.25) is 0 Å². The molecular formula is C23H22F4N3O5+. The van der Waals surface area contributed by atoms with Gasteiger partial charge in [-0.3, -0.25) is 19.3 Å². The Kier molecular flexibility index (Phi) is 6.88. The Hall–Kier alpha value is -3.93. The Morgan fingerprint density at radius 3 is 2.29 bits per heavy atom. The van der Waals surface area contributed by atoms with E-state index >= 15 is 0 Å². The Bertz CT molecular complexity index is 1370. The number of carbonyl (C=O) groups is 2. The van der Waals surface area contributed by atoms with Gasteiger partial charge in [0, 0.05) is 11.6 Å². The summed E-state index contributed by atoms with van der Waals surface area (Å²) >= 11 is 0. The lowest BCUT2D eigenvalue weighted by Gasteiger charge is -2.20. The third kappa shape index (κ3) is 4.44. The maximum atomic E-state index is 14.3. The van der Waals surface area contributed by atoms with E-state index in [9.17, 15) is 37.1 Å². The quantitative estimate of drug-likeness (QED) is 0.415. The molecule has 0 saturated carbocycles. The molecule has 0 spiro atoms. The summed E-state index contributed by atoms with van der Waals surface area (Å²) in [5.41, 5.74) is -2.08. The van der Waals surface area contributed by atoms with Gasteiger partial charge in [-0.05, 0) is 18.2 Å². The molecule has 8 nitrogen and oxygen atoms in total. The van der Waals surface area contributed by atoms with Crippen LogP contribution < -0.4 is 15.8 Å². The molecule has 1 aliphatic rings. The summed E-state index contributed by atoms with van der Waals surface area (Å²) in [5.74, 6) is -4.18. The Labute approximate surface area is 196 Å². The highest BCUT2D eigenvalue weighted by molar-refractivity contribution is 6.05. The van der Waals surface area contributed by atoms with Gasteiger partial charge >= 0.3 is 12.1 Å². The van der Waals surface area contributed by atoms with Crippen LogP contribution in [0.5, 0.6) is 5.75 Å². The number of carboxylic acid groups (broad SMARTS) is 1. The number of carboxylic acids is 1. The molecule has 0 radical (unpaired) electrons. The van der Waals surface area contributed by atoms with Crippen LogP contribution in [-0.2, 0) is 11.0 Å². The average Bonchev–Trinajstić information content (AvgIpc) is 3.09. The highest BCUT2D eigenvalue weighted by Gasteiger charge is 2.40. The summed E-state index contributed by atoms with van der Waals surface area (Å²) in [6.45, 7) is 3.16. The lowest BCUT2D eigenvalue weighted by Crippen LogP contribution is -3.04. The van der Waals surface area contributed by atoms with E-state index in [1.807, 2.05) is 19.2 Å². The summed E-state index contributed by atoms with van der Waals surface area (Å²) in [7, 11) is 1.56. The highest BCUT2D eigenvalue weighted by atomic mass is 19.4. The summed E-state index contributed by atoms with van der Waals surface area (Å²) in [4.78, 5) is 37.0. The number of aromatic hydroxyl groups is 1. The van der Waals surface area contributed by atoms with Gasteiger partial charge in [-0.25, -0.2) is 8.96 Å². The molecule has 1 aromatic heterocycles. The molecule has 0 saturated heterocycles. The fourth-order valence-corrected chi connectivity index (χ4v) is 4.09. The molecule has 186 valence electrons. The van der Waals surface area contributed by atoms with Crippen LogP contribution in [0.3, 0.4) is 0 Å². The Morgan fingerprint density at radius 1 is 1.14 bits per heavy atom. The molecule has 12 heteroatoms.